The molecule has 3 rings (SSSR count). The third kappa shape index (κ3) is 3.89. The van der Waals surface area contributed by atoms with Crippen LogP contribution in [0.25, 0.3) is 0 Å². The third-order valence-electron chi connectivity index (χ3n) is 4.69. The lowest BCUT2D eigenvalue weighted by Crippen LogP contribution is -2.46. The molecule has 136 valence electrons. The smallest absolute Gasteiger partial charge is 0.146 e. The van der Waals surface area contributed by atoms with E-state index in [4.69, 9.17) is 9.47 Å². The second-order valence-corrected chi connectivity index (χ2v) is 6.38. The van der Waals surface area contributed by atoms with Crippen LogP contribution in [0.2, 0.25) is 0 Å². The van der Waals surface area contributed by atoms with Gasteiger partial charge in [0.15, 0.2) is 0 Å². The van der Waals surface area contributed by atoms with E-state index in [0.29, 0.717) is 5.56 Å². The highest BCUT2D eigenvalue weighted by molar-refractivity contribution is 5.54. The van der Waals surface area contributed by atoms with Gasteiger partial charge in [0, 0.05) is 44.0 Å². The van der Waals surface area contributed by atoms with Crippen molar-refractivity contribution in [1.82, 2.24) is 9.88 Å². The molecule has 1 saturated heterocycles. The molecule has 1 aliphatic rings. The van der Waals surface area contributed by atoms with Gasteiger partial charge in [0.05, 0.1) is 19.8 Å². The lowest BCUT2D eigenvalue weighted by Gasteiger charge is -2.36. The molecular formula is C20H24N4O2. The summed E-state index contributed by atoms with van der Waals surface area (Å²) in [4.78, 5) is 9.16. The number of hydrogen-bond donors (Lipinski definition) is 0. The van der Waals surface area contributed by atoms with E-state index in [1.165, 1.54) is 0 Å². The SMILES string of the molecule is COc1ccc(OC)c(CN2CCN(c3nc(C)ccc3C#N)CC2)c1. The van der Waals surface area contributed by atoms with Crippen LogP contribution in [0.4, 0.5) is 5.82 Å². The Bertz CT molecular complexity index is 808. The van der Waals surface area contributed by atoms with Gasteiger partial charge in [-0.3, -0.25) is 4.90 Å². The molecule has 0 aliphatic carbocycles. The standard InChI is InChI=1S/C20H24N4O2/c1-15-4-5-16(13-21)20(22-15)24-10-8-23(9-11-24)14-17-12-18(25-2)6-7-19(17)26-3/h4-7,12H,8-11,14H2,1-3H3. The van der Waals surface area contributed by atoms with Crippen molar-refractivity contribution in [2.45, 2.75) is 13.5 Å². The molecule has 1 fully saturated rings. The molecular weight excluding hydrogens is 328 g/mol. The van der Waals surface area contributed by atoms with Crippen LogP contribution in [0.5, 0.6) is 11.5 Å². The zero-order valence-electron chi connectivity index (χ0n) is 15.5. The number of methoxy groups -OCH3 is 2. The second-order valence-electron chi connectivity index (χ2n) is 6.38. The van der Waals surface area contributed by atoms with E-state index in [9.17, 15) is 5.26 Å². The Balaban J connectivity index is 1.68. The summed E-state index contributed by atoms with van der Waals surface area (Å²) in [5.41, 5.74) is 2.69. The first-order valence-electron chi connectivity index (χ1n) is 8.70. The van der Waals surface area contributed by atoms with Gasteiger partial charge >= 0.3 is 0 Å². The van der Waals surface area contributed by atoms with Crippen LogP contribution in [0.15, 0.2) is 30.3 Å². The van der Waals surface area contributed by atoms with Gasteiger partial charge in [-0.15, -0.1) is 0 Å². The summed E-state index contributed by atoms with van der Waals surface area (Å²) in [5, 5.41) is 9.34. The molecule has 2 aromatic rings. The highest BCUT2D eigenvalue weighted by Crippen LogP contribution is 2.26. The van der Waals surface area contributed by atoms with Gasteiger partial charge in [-0.2, -0.15) is 5.26 Å². The monoisotopic (exact) mass is 352 g/mol. The van der Waals surface area contributed by atoms with E-state index < -0.39 is 0 Å². The minimum atomic E-state index is 0.638. The Morgan fingerprint density at radius 2 is 1.85 bits per heavy atom. The summed E-state index contributed by atoms with van der Waals surface area (Å²) in [6.45, 7) is 6.26. The van der Waals surface area contributed by atoms with Gasteiger partial charge in [-0.05, 0) is 37.3 Å². The van der Waals surface area contributed by atoms with E-state index in [2.05, 4.69) is 20.9 Å². The molecule has 0 bridgehead atoms. The van der Waals surface area contributed by atoms with Gasteiger partial charge in [0.2, 0.25) is 0 Å². The van der Waals surface area contributed by atoms with E-state index in [-0.39, 0.29) is 0 Å². The molecule has 2 heterocycles. The van der Waals surface area contributed by atoms with E-state index in [0.717, 1.165) is 61.3 Å². The number of anilines is 1. The predicted octanol–water partition coefficient (Wildman–Crippen LogP) is 2.60. The maximum atomic E-state index is 9.34. The summed E-state index contributed by atoms with van der Waals surface area (Å²) in [5.74, 6) is 2.51. The molecule has 0 N–H and O–H groups in total. The number of aryl methyl sites for hydroxylation is 1. The normalized spacial score (nSPS) is 14.8. The lowest BCUT2D eigenvalue weighted by molar-refractivity contribution is 0.245. The van der Waals surface area contributed by atoms with Crippen LogP contribution in [-0.2, 0) is 6.54 Å². The third-order valence-corrected chi connectivity index (χ3v) is 4.69. The first-order chi connectivity index (χ1) is 12.6. The van der Waals surface area contributed by atoms with E-state index in [1.807, 2.05) is 37.3 Å². The number of piperazine rings is 1. The van der Waals surface area contributed by atoms with Crippen molar-refractivity contribution in [2.75, 3.05) is 45.3 Å². The largest absolute Gasteiger partial charge is 0.497 e. The second kappa shape index (κ2) is 8.07. The van der Waals surface area contributed by atoms with Gasteiger partial charge in [0.25, 0.3) is 0 Å². The molecule has 1 aliphatic heterocycles. The topological polar surface area (TPSA) is 61.6 Å². The Hall–Kier alpha value is -2.78. The minimum Gasteiger partial charge on any atom is -0.497 e. The number of rotatable bonds is 5. The molecule has 26 heavy (non-hydrogen) atoms. The number of pyridine rings is 1. The summed E-state index contributed by atoms with van der Waals surface area (Å²) in [7, 11) is 3.36. The van der Waals surface area contributed by atoms with Crippen molar-refractivity contribution in [2.24, 2.45) is 0 Å². The van der Waals surface area contributed by atoms with Gasteiger partial charge in [-0.1, -0.05) is 0 Å². The quantitative estimate of drug-likeness (QED) is 0.824. The molecule has 0 saturated carbocycles. The van der Waals surface area contributed by atoms with E-state index in [1.54, 1.807) is 14.2 Å². The molecule has 1 aromatic carbocycles. The van der Waals surface area contributed by atoms with Crippen molar-refractivity contribution in [3.8, 4) is 17.6 Å². The van der Waals surface area contributed by atoms with Crippen LogP contribution < -0.4 is 14.4 Å². The van der Waals surface area contributed by atoms with Crippen molar-refractivity contribution < 1.29 is 9.47 Å². The molecule has 0 spiro atoms. The van der Waals surface area contributed by atoms with Crippen LogP contribution in [0.1, 0.15) is 16.8 Å². The van der Waals surface area contributed by atoms with Crippen LogP contribution in [0, 0.1) is 18.3 Å². The maximum Gasteiger partial charge on any atom is 0.146 e. The first kappa shape index (κ1) is 18.0. The maximum absolute atomic E-state index is 9.34. The van der Waals surface area contributed by atoms with Gasteiger partial charge < -0.3 is 14.4 Å². The highest BCUT2D eigenvalue weighted by Gasteiger charge is 2.21. The summed E-state index contributed by atoms with van der Waals surface area (Å²) >= 11 is 0. The van der Waals surface area contributed by atoms with Crippen LogP contribution in [-0.4, -0.2) is 50.3 Å². The summed E-state index contributed by atoms with van der Waals surface area (Å²) in [6.07, 6.45) is 0. The molecule has 6 heteroatoms. The Labute approximate surface area is 154 Å². The summed E-state index contributed by atoms with van der Waals surface area (Å²) in [6, 6.07) is 11.9. The minimum absolute atomic E-state index is 0.638. The van der Waals surface area contributed by atoms with E-state index >= 15 is 0 Å². The fourth-order valence-corrected chi connectivity index (χ4v) is 3.24. The van der Waals surface area contributed by atoms with Crippen molar-refractivity contribution in [3.05, 3.63) is 47.2 Å². The van der Waals surface area contributed by atoms with Crippen LogP contribution >= 0.6 is 0 Å². The predicted molar refractivity (Wildman–Crippen MR) is 101 cm³/mol. The number of ether oxygens (including phenoxy) is 2. The zero-order valence-corrected chi connectivity index (χ0v) is 15.5. The van der Waals surface area contributed by atoms with Crippen molar-refractivity contribution >= 4 is 5.82 Å². The molecule has 6 nitrogen and oxygen atoms in total. The fraction of sp³-hybridized carbons (Fsp3) is 0.400. The summed E-state index contributed by atoms with van der Waals surface area (Å²) < 4.78 is 10.8. The molecule has 0 amide bonds. The average molecular weight is 352 g/mol. The van der Waals surface area contributed by atoms with Gasteiger partial charge in [-0.25, -0.2) is 4.98 Å². The lowest BCUT2D eigenvalue weighted by atomic mass is 10.1. The highest BCUT2D eigenvalue weighted by atomic mass is 16.5. The molecule has 0 atom stereocenters. The van der Waals surface area contributed by atoms with Crippen molar-refractivity contribution in [1.29, 1.82) is 5.26 Å². The van der Waals surface area contributed by atoms with Crippen molar-refractivity contribution in [3.63, 3.8) is 0 Å². The fourth-order valence-electron chi connectivity index (χ4n) is 3.24. The number of nitriles is 1. The average Bonchev–Trinajstić information content (AvgIpc) is 2.68. The number of benzene rings is 1. The first-order valence-corrected chi connectivity index (χ1v) is 8.70. The number of nitrogens with zero attached hydrogens (tertiary/aromatic N) is 4. The van der Waals surface area contributed by atoms with Gasteiger partial charge in [0.1, 0.15) is 23.4 Å². The Morgan fingerprint density at radius 1 is 1.08 bits per heavy atom. The van der Waals surface area contributed by atoms with Crippen LogP contribution in [0.3, 0.4) is 0 Å². The molecule has 0 radical (unpaired) electrons. The Kier molecular flexibility index (Phi) is 5.59. The zero-order chi connectivity index (χ0) is 18.5. The number of aromatic nitrogens is 1. The molecule has 1 aromatic heterocycles. The molecule has 0 unspecified atom stereocenters. The Morgan fingerprint density at radius 3 is 2.50 bits per heavy atom. The number of hydrogen-bond acceptors (Lipinski definition) is 6.